The average Bonchev–Trinajstić information content (AvgIpc) is 3.26. The van der Waals surface area contributed by atoms with E-state index in [0.717, 1.165) is 31.8 Å². The molecular weight excluding hydrogens is 773 g/mol. The molecule has 0 heterocycles. The summed E-state index contributed by atoms with van der Waals surface area (Å²) in [7, 11) is 0. The molecule has 0 saturated heterocycles. The smallest absolute Gasteiger partial charge is 0.104 e. The number of hydrogen-bond acceptors (Lipinski definition) is 9. The average molecular weight is 873 g/mol. The molecule has 0 bridgehead atoms. The van der Waals surface area contributed by atoms with Crippen molar-refractivity contribution in [3.8, 4) is 0 Å². The molecule has 0 N–H and O–H groups in total. The van der Waals surface area contributed by atoms with Gasteiger partial charge in [0, 0.05) is 19.0 Å². The van der Waals surface area contributed by atoms with Crippen molar-refractivity contribution < 1.29 is 37.9 Å². The van der Waals surface area contributed by atoms with Gasteiger partial charge in [0.05, 0.1) is 85.9 Å². The maximum Gasteiger partial charge on any atom is 0.104 e. The number of rotatable bonds is 54. The Morgan fingerprint density at radius 2 is 0.583 bits per heavy atom. The van der Waals surface area contributed by atoms with Crippen LogP contribution in [-0.2, 0) is 37.9 Å². The summed E-state index contributed by atoms with van der Waals surface area (Å²) in [6.07, 6.45) is 46.4. The molecule has 0 spiro atoms. The predicted octanol–water partition coefficient (Wildman–Crippen LogP) is 13.5. The number of hydrogen-bond donors (Lipinski definition) is 1. The van der Waals surface area contributed by atoms with E-state index in [1.54, 1.807) is 0 Å². The van der Waals surface area contributed by atoms with E-state index in [0.29, 0.717) is 85.9 Å². The van der Waals surface area contributed by atoms with Crippen molar-refractivity contribution in [2.24, 2.45) is 0 Å². The minimum atomic E-state index is -0.0395. The van der Waals surface area contributed by atoms with Gasteiger partial charge in [0.2, 0.25) is 0 Å². The fourth-order valence-electron chi connectivity index (χ4n) is 6.79. The summed E-state index contributed by atoms with van der Waals surface area (Å²) in [6.45, 7) is 13.4. The van der Waals surface area contributed by atoms with Gasteiger partial charge in [-0.1, -0.05) is 154 Å². The van der Waals surface area contributed by atoms with Gasteiger partial charge in [0.15, 0.2) is 0 Å². The Balaban J connectivity index is 4.02. The molecule has 0 saturated carbocycles. The van der Waals surface area contributed by atoms with Gasteiger partial charge < -0.3 is 37.9 Å². The highest BCUT2D eigenvalue weighted by molar-refractivity contribution is 7.80. The SMILES string of the molecule is CCCCCCCC/C=C\CCCCCCCCOC(COCCCCCCCC/C=C/CCCCCCCC)COCCOCCOCCOCCOCCOCCS. The zero-order valence-electron chi connectivity index (χ0n) is 39.7. The molecule has 0 aromatic rings. The zero-order chi connectivity index (χ0) is 43.2. The predicted molar refractivity (Wildman–Crippen MR) is 258 cm³/mol. The molecular formula is C51H100O8S. The summed E-state index contributed by atoms with van der Waals surface area (Å²) < 4.78 is 45.9. The monoisotopic (exact) mass is 873 g/mol. The third-order valence-electron chi connectivity index (χ3n) is 10.5. The Morgan fingerprint density at radius 3 is 0.950 bits per heavy atom. The Hall–Kier alpha value is -0.490. The van der Waals surface area contributed by atoms with Crippen LogP contribution in [0.1, 0.15) is 194 Å². The summed E-state index contributed by atoms with van der Waals surface area (Å²) in [6, 6.07) is 0. The first-order valence-electron chi connectivity index (χ1n) is 25.4. The number of ether oxygens (including phenoxy) is 8. The second-order valence-corrected chi connectivity index (χ2v) is 16.8. The maximum absolute atomic E-state index is 6.27. The van der Waals surface area contributed by atoms with Gasteiger partial charge >= 0.3 is 0 Å². The largest absolute Gasteiger partial charge is 0.379 e. The summed E-state index contributed by atoms with van der Waals surface area (Å²) in [5.74, 6) is 0.727. The van der Waals surface area contributed by atoms with E-state index in [1.165, 1.54) is 167 Å². The fourth-order valence-corrected chi connectivity index (χ4v) is 6.92. The minimum Gasteiger partial charge on any atom is -0.379 e. The molecule has 0 aliphatic carbocycles. The molecule has 358 valence electrons. The zero-order valence-corrected chi connectivity index (χ0v) is 40.6. The van der Waals surface area contributed by atoms with Crippen LogP contribution in [0.15, 0.2) is 24.3 Å². The van der Waals surface area contributed by atoms with Crippen LogP contribution in [0.5, 0.6) is 0 Å². The van der Waals surface area contributed by atoms with Crippen LogP contribution in [0.4, 0.5) is 0 Å². The van der Waals surface area contributed by atoms with E-state index < -0.39 is 0 Å². The molecule has 60 heavy (non-hydrogen) atoms. The Labute approximate surface area is 378 Å². The molecule has 0 aromatic carbocycles. The first-order valence-corrected chi connectivity index (χ1v) is 26.0. The first kappa shape index (κ1) is 59.5. The van der Waals surface area contributed by atoms with Crippen molar-refractivity contribution in [3.05, 3.63) is 24.3 Å². The first-order chi connectivity index (χ1) is 29.8. The van der Waals surface area contributed by atoms with Crippen LogP contribution in [0, 0.1) is 0 Å². The van der Waals surface area contributed by atoms with Crippen molar-refractivity contribution >= 4 is 12.6 Å². The molecule has 0 radical (unpaired) electrons. The van der Waals surface area contributed by atoms with Gasteiger partial charge in [-0.25, -0.2) is 0 Å². The van der Waals surface area contributed by atoms with E-state index in [4.69, 9.17) is 37.9 Å². The molecule has 8 nitrogen and oxygen atoms in total. The van der Waals surface area contributed by atoms with Gasteiger partial charge in [-0.05, 0) is 64.2 Å². The Bertz CT molecular complexity index is 816. The third kappa shape index (κ3) is 53.6. The van der Waals surface area contributed by atoms with E-state index in [9.17, 15) is 0 Å². The molecule has 0 amide bonds. The molecule has 1 unspecified atom stereocenters. The molecule has 0 aliphatic heterocycles. The summed E-state index contributed by atoms with van der Waals surface area (Å²) in [4.78, 5) is 0. The molecule has 0 rings (SSSR count). The Kier molecular flexibility index (Phi) is 56.1. The summed E-state index contributed by atoms with van der Waals surface area (Å²) in [5.41, 5.74) is 0. The summed E-state index contributed by atoms with van der Waals surface area (Å²) in [5, 5.41) is 0. The highest BCUT2D eigenvalue weighted by Crippen LogP contribution is 2.12. The number of unbranched alkanes of at least 4 members (excludes halogenated alkanes) is 24. The summed E-state index contributed by atoms with van der Waals surface area (Å²) >= 11 is 4.11. The van der Waals surface area contributed by atoms with E-state index >= 15 is 0 Å². The van der Waals surface area contributed by atoms with Crippen molar-refractivity contribution in [2.45, 2.75) is 200 Å². The van der Waals surface area contributed by atoms with Crippen LogP contribution in [0.2, 0.25) is 0 Å². The molecule has 0 aliphatic rings. The van der Waals surface area contributed by atoms with Crippen LogP contribution >= 0.6 is 12.6 Å². The topological polar surface area (TPSA) is 73.8 Å². The van der Waals surface area contributed by atoms with E-state index in [1.807, 2.05) is 0 Å². The van der Waals surface area contributed by atoms with Gasteiger partial charge in [0.1, 0.15) is 6.10 Å². The lowest BCUT2D eigenvalue weighted by Crippen LogP contribution is -2.27. The second kappa shape index (κ2) is 56.5. The molecule has 0 fully saturated rings. The number of thiol groups is 1. The minimum absolute atomic E-state index is 0.0395. The molecule has 0 aromatic heterocycles. The van der Waals surface area contributed by atoms with E-state index in [-0.39, 0.29) is 6.10 Å². The van der Waals surface area contributed by atoms with E-state index in [2.05, 4.69) is 50.8 Å². The third-order valence-corrected chi connectivity index (χ3v) is 10.7. The highest BCUT2D eigenvalue weighted by Gasteiger charge is 2.10. The van der Waals surface area contributed by atoms with Gasteiger partial charge in [-0.2, -0.15) is 12.6 Å². The standard InChI is InChI=1S/C51H100O8S/c1-3-5-7-9-11-13-15-17-19-21-23-25-27-29-31-33-35-57-49-51(59-36-34-32-30-28-26-24-22-20-18-16-14-12-10-8-6-4-2)50-58-46-45-55-42-41-53-38-37-52-39-40-54-43-44-56-47-48-60/h17-20,51,60H,3-16,21-50H2,1-2H3/b19-17+,20-18-. The van der Waals surface area contributed by atoms with Crippen molar-refractivity contribution in [1.82, 2.24) is 0 Å². The van der Waals surface area contributed by atoms with Crippen molar-refractivity contribution in [2.75, 3.05) is 105 Å². The normalized spacial score (nSPS) is 12.5. The highest BCUT2D eigenvalue weighted by atomic mass is 32.1. The fraction of sp³-hybridized carbons (Fsp3) is 0.922. The lowest BCUT2D eigenvalue weighted by atomic mass is 10.1. The van der Waals surface area contributed by atoms with Crippen molar-refractivity contribution in [1.29, 1.82) is 0 Å². The Morgan fingerprint density at radius 1 is 0.300 bits per heavy atom. The van der Waals surface area contributed by atoms with Crippen LogP contribution in [-0.4, -0.2) is 111 Å². The van der Waals surface area contributed by atoms with Crippen molar-refractivity contribution in [3.63, 3.8) is 0 Å². The molecule has 9 heteroatoms. The lowest BCUT2D eigenvalue weighted by molar-refractivity contribution is -0.0702. The van der Waals surface area contributed by atoms with Crippen LogP contribution in [0.25, 0.3) is 0 Å². The van der Waals surface area contributed by atoms with Gasteiger partial charge in [-0.15, -0.1) is 0 Å². The van der Waals surface area contributed by atoms with Crippen LogP contribution in [0.3, 0.4) is 0 Å². The van der Waals surface area contributed by atoms with Crippen LogP contribution < -0.4 is 0 Å². The molecule has 1 atom stereocenters. The van der Waals surface area contributed by atoms with Gasteiger partial charge in [0.25, 0.3) is 0 Å². The second-order valence-electron chi connectivity index (χ2n) is 16.3. The maximum atomic E-state index is 6.27. The quantitative estimate of drug-likeness (QED) is 0.0368. The number of allylic oxidation sites excluding steroid dienone is 4. The lowest BCUT2D eigenvalue weighted by Gasteiger charge is -2.18. The van der Waals surface area contributed by atoms with Gasteiger partial charge in [-0.3, -0.25) is 0 Å².